The van der Waals surface area contributed by atoms with Crippen LogP contribution in [0.4, 0.5) is 4.39 Å². The molecule has 19 heavy (non-hydrogen) atoms. The first-order valence-electron chi connectivity index (χ1n) is 6.47. The molecule has 0 unspecified atom stereocenters. The fourth-order valence-corrected chi connectivity index (χ4v) is 2.42. The lowest BCUT2D eigenvalue weighted by Gasteiger charge is -2.33. The molecule has 2 N–H and O–H groups in total. The average Bonchev–Trinajstić information content (AvgIpc) is 2.38. The Bertz CT molecular complexity index is 481. The molecular weight excluding hydrogens is 248 g/mol. The first-order chi connectivity index (χ1) is 9.00. The molecule has 0 aliphatic carbocycles. The van der Waals surface area contributed by atoms with Gasteiger partial charge in [-0.05, 0) is 43.8 Å². The second-order valence-electron chi connectivity index (χ2n) is 4.96. The topological polar surface area (TPSA) is 60.8 Å². The van der Waals surface area contributed by atoms with Gasteiger partial charge in [-0.25, -0.2) is 4.39 Å². The van der Waals surface area contributed by atoms with E-state index in [1.54, 1.807) is 4.90 Å². The van der Waals surface area contributed by atoms with Crippen LogP contribution in [-0.2, 0) is 0 Å². The molecule has 1 fully saturated rings. The molecule has 0 aromatic heterocycles. The Morgan fingerprint density at radius 1 is 1.42 bits per heavy atom. The van der Waals surface area contributed by atoms with Gasteiger partial charge in [-0.15, -0.1) is 0 Å². The van der Waals surface area contributed by atoms with Crippen LogP contribution in [0.5, 0.6) is 0 Å². The summed E-state index contributed by atoms with van der Waals surface area (Å²) in [4.78, 5) is 14.0. The minimum Gasteiger partial charge on any atom is -0.423 e. The van der Waals surface area contributed by atoms with Gasteiger partial charge in [0, 0.05) is 12.6 Å². The van der Waals surface area contributed by atoms with Crippen molar-refractivity contribution in [2.75, 3.05) is 6.54 Å². The fourth-order valence-electron chi connectivity index (χ4n) is 2.42. The van der Waals surface area contributed by atoms with Crippen molar-refractivity contribution in [3.8, 4) is 0 Å². The SMILES string of the molecule is C[C@H]1CCCCN1C(=O)c1cc(B(O)O)ccc1F. The summed E-state index contributed by atoms with van der Waals surface area (Å²) in [6, 6.07) is 3.65. The first kappa shape index (κ1) is 14.0. The lowest BCUT2D eigenvalue weighted by molar-refractivity contribution is 0.0631. The van der Waals surface area contributed by atoms with Crippen molar-refractivity contribution in [1.82, 2.24) is 4.90 Å². The summed E-state index contributed by atoms with van der Waals surface area (Å²) < 4.78 is 13.8. The Kier molecular flexibility index (Phi) is 4.22. The van der Waals surface area contributed by atoms with E-state index in [4.69, 9.17) is 10.0 Å². The van der Waals surface area contributed by atoms with Gasteiger partial charge >= 0.3 is 7.12 Å². The Morgan fingerprint density at radius 2 is 2.16 bits per heavy atom. The van der Waals surface area contributed by atoms with Crippen molar-refractivity contribution >= 4 is 18.5 Å². The summed E-state index contributed by atoms with van der Waals surface area (Å²) >= 11 is 0. The maximum absolute atomic E-state index is 13.8. The van der Waals surface area contributed by atoms with Crippen molar-refractivity contribution in [3.63, 3.8) is 0 Å². The summed E-state index contributed by atoms with van der Waals surface area (Å²) in [5, 5.41) is 18.2. The molecule has 1 aliphatic rings. The maximum atomic E-state index is 13.8. The highest BCUT2D eigenvalue weighted by atomic mass is 19.1. The minimum absolute atomic E-state index is 0.0864. The number of likely N-dealkylation sites (tertiary alicyclic amines) is 1. The normalized spacial score (nSPS) is 19.4. The molecule has 1 aromatic rings. The molecule has 2 rings (SSSR count). The summed E-state index contributed by atoms with van der Waals surface area (Å²) in [6.45, 7) is 2.56. The number of amides is 1. The van der Waals surface area contributed by atoms with Crippen LogP contribution in [0.3, 0.4) is 0 Å². The first-order valence-corrected chi connectivity index (χ1v) is 6.47. The quantitative estimate of drug-likeness (QED) is 0.766. The minimum atomic E-state index is -1.70. The van der Waals surface area contributed by atoms with Crippen LogP contribution in [0.25, 0.3) is 0 Å². The van der Waals surface area contributed by atoms with E-state index in [9.17, 15) is 9.18 Å². The zero-order valence-corrected chi connectivity index (χ0v) is 10.8. The van der Waals surface area contributed by atoms with Gasteiger partial charge < -0.3 is 14.9 Å². The highest BCUT2D eigenvalue weighted by molar-refractivity contribution is 6.58. The summed E-state index contributed by atoms with van der Waals surface area (Å²) in [5.41, 5.74) is 0.0220. The number of rotatable bonds is 2. The molecule has 1 amide bonds. The molecule has 1 aromatic carbocycles. The Hall–Kier alpha value is -1.40. The van der Waals surface area contributed by atoms with Crippen LogP contribution in [0.2, 0.25) is 0 Å². The van der Waals surface area contributed by atoms with E-state index in [-0.39, 0.29) is 23.0 Å². The van der Waals surface area contributed by atoms with Gasteiger partial charge in [0.1, 0.15) is 5.82 Å². The summed E-state index contributed by atoms with van der Waals surface area (Å²) in [6.07, 6.45) is 2.90. The van der Waals surface area contributed by atoms with E-state index in [0.29, 0.717) is 6.54 Å². The Morgan fingerprint density at radius 3 is 2.79 bits per heavy atom. The monoisotopic (exact) mass is 265 g/mol. The predicted octanol–water partition coefficient (Wildman–Crippen LogP) is 0.520. The lowest BCUT2D eigenvalue weighted by atomic mass is 9.79. The van der Waals surface area contributed by atoms with E-state index >= 15 is 0 Å². The van der Waals surface area contributed by atoms with Crippen LogP contribution in [0, 0.1) is 5.82 Å². The summed E-state index contributed by atoms with van der Waals surface area (Å²) in [7, 11) is -1.70. The molecule has 0 radical (unpaired) electrons. The van der Waals surface area contributed by atoms with Crippen LogP contribution in [0.1, 0.15) is 36.5 Å². The summed E-state index contributed by atoms with van der Waals surface area (Å²) in [5.74, 6) is -1.01. The average molecular weight is 265 g/mol. The predicted molar refractivity (Wildman–Crippen MR) is 70.6 cm³/mol. The number of hydrogen-bond acceptors (Lipinski definition) is 3. The largest absolute Gasteiger partial charge is 0.488 e. The zero-order chi connectivity index (χ0) is 14.0. The van der Waals surface area contributed by atoms with Gasteiger partial charge in [0.05, 0.1) is 5.56 Å². The molecule has 0 spiro atoms. The zero-order valence-electron chi connectivity index (χ0n) is 10.8. The molecular formula is C13H17BFNO3. The van der Waals surface area contributed by atoms with Gasteiger partial charge in [0.25, 0.3) is 5.91 Å². The van der Waals surface area contributed by atoms with E-state index in [1.165, 1.54) is 12.1 Å². The molecule has 1 heterocycles. The van der Waals surface area contributed by atoms with E-state index in [1.807, 2.05) is 6.92 Å². The van der Waals surface area contributed by atoms with Crippen LogP contribution < -0.4 is 5.46 Å². The number of nitrogens with zero attached hydrogens (tertiary/aromatic N) is 1. The lowest BCUT2D eigenvalue weighted by Crippen LogP contribution is -2.43. The second-order valence-corrected chi connectivity index (χ2v) is 4.96. The molecule has 102 valence electrons. The number of hydrogen-bond donors (Lipinski definition) is 2. The van der Waals surface area contributed by atoms with Gasteiger partial charge in [-0.2, -0.15) is 0 Å². The molecule has 6 heteroatoms. The number of benzene rings is 1. The van der Waals surface area contributed by atoms with Crippen molar-refractivity contribution in [1.29, 1.82) is 0 Å². The number of piperidine rings is 1. The highest BCUT2D eigenvalue weighted by Crippen LogP contribution is 2.20. The van der Waals surface area contributed by atoms with Crippen LogP contribution >= 0.6 is 0 Å². The van der Waals surface area contributed by atoms with E-state index in [0.717, 1.165) is 25.3 Å². The van der Waals surface area contributed by atoms with Crippen LogP contribution in [0.15, 0.2) is 18.2 Å². The van der Waals surface area contributed by atoms with Gasteiger partial charge in [0.2, 0.25) is 0 Å². The van der Waals surface area contributed by atoms with Crippen LogP contribution in [-0.4, -0.2) is 40.6 Å². The highest BCUT2D eigenvalue weighted by Gasteiger charge is 2.27. The Labute approximate surface area is 112 Å². The third-order valence-corrected chi connectivity index (χ3v) is 3.58. The number of carbonyl (C=O) groups excluding carboxylic acids is 1. The number of halogens is 1. The fraction of sp³-hybridized carbons (Fsp3) is 0.462. The van der Waals surface area contributed by atoms with E-state index < -0.39 is 12.9 Å². The Balaban J connectivity index is 2.29. The van der Waals surface area contributed by atoms with Gasteiger partial charge in [-0.1, -0.05) is 6.07 Å². The second kappa shape index (κ2) is 5.71. The van der Waals surface area contributed by atoms with Crippen molar-refractivity contribution in [2.45, 2.75) is 32.2 Å². The van der Waals surface area contributed by atoms with Gasteiger partial charge in [0.15, 0.2) is 0 Å². The third kappa shape index (κ3) is 2.96. The van der Waals surface area contributed by atoms with E-state index in [2.05, 4.69) is 0 Å². The van der Waals surface area contributed by atoms with Crippen molar-refractivity contribution in [2.24, 2.45) is 0 Å². The van der Waals surface area contributed by atoms with Gasteiger partial charge in [-0.3, -0.25) is 4.79 Å². The number of carbonyl (C=O) groups is 1. The molecule has 0 saturated carbocycles. The standard InChI is InChI=1S/C13H17BFNO3/c1-9-4-2-3-7-16(9)13(17)11-8-10(14(18)19)5-6-12(11)15/h5-6,8-9,18-19H,2-4,7H2,1H3/t9-/m0/s1. The molecule has 0 bridgehead atoms. The smallest absolute Gasteiger partial charge is 0.423 e. The third-order valence-electron chi connectivity index (χ3n) is 3.58. The van der Waals surface area contributed by atoms with Crippen molar-refractivity contribution < 1.29 is 19.2 Å². The molecule has 4 nitrogen and oxygen atoms in total. The maximum Gasteiger partial charge on any atom is 0.488 e. The molecule has 1 saturated heterocycles. The van der Waals surface area contributed by atoms with Crippen molar-refractivity contribution in [3.05, 3.63) is 29.6 Å². The molecule has 1 aliphatic heterocycles. The molecule has 1 atom stereocenters.